The molecule has 1 aliphatic heterocycles. The highest BCUT2D eigenvalue weighted by Crippen LogP contribution is 2.44. The Morgan fingerprint density at radius 1 is 1.57 bits per heavy atom. The summed E-state index contributed by atoms with van der Waals surface area (Å²) >= 11 is 0. The summed E-state index contributed by atoms with van der Waals surface area (Å²) in [6.45, 7) is 0.350. The number of anilines is 1. The van der Waals surface area contributed by atoms with E-state index in [1.54, 1.807) is 0 Å². The van der Waals surface area contributed by atoms with E-state index >= 15 is 4.39 Å². The van der Waals surface area contributed by atoms with Crippen molar-refractivity contribution in [3.63, 3.8) is 0 Å². The van der Waals surface area contributed by atoms with Gasteiger partial charge in [-0.25, -0.2) is 9.18 Å². The van der Waals surface area contributed by atoms with Crippen LogP contribution in [-0.4, -0.2) is 44.8 Å². The van der Waals surface area contributed by atoms with Crippen LogP contribution < -0.4 is 11.4 Å². The first-order chi connectivity index (χ1) is 9.97. The summed E-state index contributed by atoms with van der Waals surface area (Å²) in [4.78, 5) is 15.4. The minimum Gasteiger partial charge on any atom is -0.396 e. The van der Waals surface area contributed by atoms with E-state index in [0.717, 1.165) is 4.57 Å². The molecule has 0 bridgehead atoms. The highest BCUT2D eigenvalue weighted by molar-refractivity contribution is 5.26. The lowest BCUT2D eigenvalue weighted by molar-refractivity contribution is -0.0527. The molecule has 1 aromatic rings. The van der Waals surface area contributed by atoms with Gasteiger partial charge in [-0.2, -0.15) is 4.98 Å². The van der Waals surface area contributed by atoms with Crippen molar-refractivity contribution in [2.45, 2.75) is 24.9 Å². The molecular formula is C13H16FN3O4. The molecule has 4 N–H and O–H groups in total. The number of nitrogen functional groups attached to an aromatic ring is 1. The maximum absolute atomic E-state index is 15.3. The zero-order valence-electron chi connectivity index (χ0n) is 11.4. The largest absolute Gasteiger partial charge is 0.396 e. The van der Waals surface area contributed by atoms with Crippen LogP contribution in [0.1, 0.15) is 13.2 Å². The molecule has 4 atom stereocenters. The second-order valence-corrected chi connectivity index (χ2v) is 4.68. The number of alkyl halides is 1. The number of rotatable bonds is 3. The van der Waals surface area contributed by atoms with Crippen molar-refractivity contribution in [2.24, 2.45) is 5.92 Å². The van der Waals surface area contributed by atoms with E-state index in [4.69, 9.17) is 10.5 Å². The Balaban J connectivity index is 2.54. The third-order valence-corrected chi connectivity index (χ3v) is 3.45. The van der Waals surface area contributed by atoms with Crippen molar-refractivity contribution in [3.05, 3.63) is 22.7 Å². The molecule has 7 nitrogen and oxygen atoms in total. The van der Waals surface area contributed by atoms with Crippen molar-refractivity contribution < 1.29 is 19.3 Å². The average Bonchev–Trinajstić information content (AvgIpc) is 2.71. The molecule has 1 aromatic heterocycles. The summed E-state index contributed by atoms with van der Waals surface area (Å²) < 4.78 is 21.6. The number of hydrogen-bond acceptors (Lipinski definition) is 6. The number of aliphatic hydroxyl groups is 2. The average molecular weight is 297 g/mol. The molecule has 1 saturated heterocycles. The van der Waals surface area contributed by atoms with Gasteiger partial charge in [0.15, 0.2) is 6.23 Å². The standard InChI is InChI=1S/C13H16FN3O4/c1-2-4-13(14)8(6-18)9(7-19)21-11(13)17-5-3-10(15)16-12(17)20/h3,5,8-9,11,18-19H,6-7H2,1H3,(H2,15,16,20)/t8?,9-,11-,13?/m1/s1. The topological polar surface area (TPSA) is 111 Å². The highest BCUT2D eigenvalue weighted by atomic mass is 19.1. The third-order valence-electron chi connectivity index (χ3n) is 3.45. The molecule has 0 aliphatic carbocycles. The molecule has 0 radical (unpaired) electrons. The monoisotopic (exact) mass is 297 g/mol. The van der Waals surface area contributed by atoms with E-state index in [2.05, 4.69) is 16.8 Å². The highest BCUT2D eigenvalue weighted by Gasteiger charge is 2.57. The summed E-state index contributed by atoms with van der Waals surface area (Å²) in [5.41, 5.74) is 2.28. The molecule has 0 aromatic carbocycles. The minimum atomic E-state index is -2.32. The molecule has 2 rings (SSSR count). The second kappa shape index (κ2) is 5.81. The van der Waals surface area contributed by atoms with Crippen LogP contribution >= 0.6 is 0 Å². The molecule has 0 spiro atoms. The Morgan fingerprint density at radius 2 is 2.29 bits per heavy atom. The van der Waals surface area contributed by atoms with Gasteiger partial charge < -0.3 is 20.7 Å². The van der Waals surface area contributed by atoms with E-state index in [0.29, 0.717) is 0 Å². The third kappa shape index (κ3) is 2.51. The van der Waals surface area contributed by atoms with Gasteiger partial charge in [-0.1, -0.05) is 5.92 Å². The van der Waals surface area contributed by atoms with Gasteiger partial charge in [-0.3, -0.25) is 4.57 Å². The Hall–Kier alpha value is -1.95. The molecule has 0 saturated carbocycles. The van der Waals surface area contributed by atoms with Crippen LogP contribution in [0.3, 0.4) is 0 Å². The fourth-order valence-corrected chi connectivity index (χ4v) is 2.45. The maximum Gasteiger partial charge on any atom is 0.351 e. The molecule has 2 heterocycles. The van der Waals surface area contributed by atoms with E-state index in [9.17, 15) is 15.0 Å². The molecule has 21 heavy (non-hydrogen) atoms. The summed E-state index contributed by atoms with van der Waals surface area (Å²) in [7, 11) is 0. The van der Waals surface area contributed by atoms with Gasteiger partial charge in [-0.15, -0.1) is 5.92 Å². The van der Waals surface area contributed by atoms with E-state index in [1.165, 1.54) is 19.2 Å². The van der Waals surface area contributed by atoms with Gasteiger partial charge >= 0.3 is 5.69 Å². The van der Waals surface area contributed by atoms with E-state index in [1.807, 2.05) is 0 Å². The van der Waals surface area contributed by atoms with Crippen molar-refractivity contribution >= 4 is 5.82 Å². The molecule has 0 amide bonds. The number of aliphatic hydroxyl groups excluding tert-OH is 2. The molecule has 1 aliphatic rings. The first-order valence-electron chi connectivity index (χ1n) is 6.32. The number of ether oxygens (including phenoxy) is 1. The fourth-order valence-electron chi connectivity index (χ4n) is 2.45. The molecule has 2 unspecified atom stereocenters. The van der Waals surface area contributed by atoms with Gasteiger partial charge in [0.1, 0.15) is 5.82 Å². The lowest BCUT2D eigenvalue weighted by atomic mass is 9.87. The number of aromatic nitrogens is 2. The summed E-state index contributed by atoms with van der Waals surface area (Å²) in [5.74, 6) is 3.70. The predicted molar refractivity (Wildman–Crippen MR) is 71.8 cm³/mol. The lowest BCUT2D eigenvalue weighted by Gasteiger charge is -2.25. The predicted octanol–water partition coefficient (Wildman–Crippen LogP) is -0.945. The smallest absolute Gasteiger partial charge is 0.351 e. The van der Waals surface area contributed by atoms with E-state index < -0.39 is 42.8 Å². The van der Waals surface area contributed by atoms with Gasteiger partial charge in [0.05, 0.1) is 25.2 Å². The van der Waals surface area contributed by atoms with Crippen molar-refractivity contribution in [1.29, 1.82) is 0 Å². The number of halogens is 1. The van der Waals surface area contributed by atoms with Crippen molar-refractivity contribution in [2.75, 3.05) is 18.9 Å². The van der Waals surface area contributed by atoms with Crippen LogP contribution in [0.15, 0.2) is 17.1 Å². The summed E-state index contributed by atoms with van der Waals surface area (Å²) in [6, 6.07) is 1.32. The van der Waals surface area contributed by atoms with Crippen LogP contribution in [0, 0.1) is 17.8 Å². The number of nitrogens with two attached hydrogens (primary N) is 1. The van der Waals surface area contributed by atoms with Gasteiger partial charge in [0, 0.05) is 6.20 Å². The normalized spacial score (nSPS) is 31.7. The van der Waals surface area contributed by atoms with E-state index in [-0.39, 0.29) is 5.82 Å². The first-order valence-corrected chi connectivity index (χ1v) is 6.32. The number of nitrogens with zero attached hydrogens (tertiary/aromatic N) is 2. The zero-order valence-corrected chi connectivity index (χ0v) is 11.4. The molecular weight excluding hydrogens is 281 g/mol. The quantitative estimate of drug-likeness (QED) is 0.621. The van der Waals surface area contributed by atoms with Gasteiger partial charge in [0.25, 0.3) is 0 Å². The molecule has 114 valence electrons. The molecule has 8 heteroatoms. The molecule has 1 fully saturated rings. The van der Waals surface area contributed by atoms with Crippen molar-refractivity contribution in [1.82, 2.24) is 9.55 Å². The second-order valence-electron chi connectivity index (χ2n) is 4.68. The van der Waals surface area contributed by atoms with Crippen LogP contribution in [-0.2, 0) is 4.74 Å². The van der Waals surface area contributed by atoms with Crippen molar-refractivity contribution in [3.8, 4) is 11.8 Å². The van der Waals surface area contributed by atoms with Gasteiger partial charge in [-0.05, 0) is 13.0 Å². The Bertz CT molecular complexity index is 638. The Kier molecular flexibility index (Phi) is 4.27. The maximum atomic E-state index is 15.3. The van der Waals surface area contributed by atoms with Crippen LogP contribution in [0.2, 0.25) is 0 Å². The minimum absolute atomic E-state index is 0.00213. The zero-order chi connectivity index (χ0) is 15.6. The van der Waals surface area contributed by atoms with Crippen LogP contribution in [0.5, 0.6) is 0 Å². The summed E-state index contributed by atoms with van der Waals surface area (Å²) in [6.07, 6.45) is -1.15. The van der Waals surface area contributed by atoms with Crippen LogP contribution in [0.25, 0.3) is 0 Å². The fraction of sp³-hybridized carbons (Fsp3) is 0.538. The number of hydrogen-bond donors (Lipinski definition) is 3. The van der Waals surface area contributed by atoms with Gasteiger partial charge in [0.2, 0.25) is 5.67 Å². The lowest BCUT2D eigenvalue weighted by Crippen LogP contribution is -2.42. The summed E-state index contributed by atoms with van der Waals surface area (Å²) in [5, 5.41) is 18.7. The Morgan fingerprint density at radius 3 is 2.81 bits per heavy atom. The van der Waals surface area contributed by atoms with Crippen LogP contribution in [0.4, 0.5) is 10.2 Å². The SMILES string of the molecule is CC#CC1(F)C(CO)[C@@H](CO)O[C@H]1n1ccc(N)nc1=O. The first kappa shape index (κ1) is 15.4. The Labute approximate surface area is 120 Å².